The smallest absolute Gasteiger partial charge is 0.0224 e. The summed E-state index contributed by atoms with van der Waals surface area (Å²) >= 11 is 0. The van der Waals surface area contributed by atoms with Crippen molar-refractivity contribution in [1.29, 1.82) is 0 Å². The normalized spacial score (nSPS) is 36.3. The molecule has 3 unspecified atom stereocenters. The Labute approximate surface area is 118 Å². The first-order chi connectivity index (χ1) is 9.24. The van der Waals surface area contributed by atoms with Gasteiger partial charge in [0, 0.05) is 37.8 Å². The average Bonchev–Trinajstić information content (AvgIpc) is 2.87. The Kier molecular flexibility index (Phi) is 4.45. The Morgan fingerprint density at radius 1 is 1.05 bits per heavy atom. The molecule has 1 aliphatic carbocycles. The molecule has 3 heteroatoms. The van der Waals surface area contributed by atoms with Gasteiger partial charge in [0.1, 0.15) is 0 Å². The van der Waals surface area contributed by atoms with Crippen LogP contribution in [0.1, 0.15) is 51.9 Å². The molecule has 0 spiro atoms. The second-order valence-corrected chi connectivity index (χ2v) is 7.16. The fourth-order valence-corrected chi connectivity index (χ4v) is 4.48. The van der Waals surface area contributed by atoms with E-state index in [1.807, 2.05) is 0 Å². The van der Waals surface area contributed by atoms with Crippen LogP contribution in [0.5, 0.6) is 0 Å². The summed E-state index contributed by atoms with van der Waals surface area (Å²) in [6.07, 6.45) is 9.80. The number of nitrogens with two attached hydrogens (primary N) is 1. The molecular weight excluding hydrogens is 234 g/mol. The van der Waals surface area contributed by atoms with Crippen LogP contribution in [0.25, 0.3) is 0 Å². The predicted octanol–water partition coefficient (Wildman–Crippen LogP) is 2.06. The van der Waals surface area contributed by atoms with E-state index in [9.17, 15) is 0 Å². The summed E-state index contributed by atoms with van der Waals surface area (Å²) in [4.78, 5) is 5.39. The van der Waals surface area contributed by atoms with Gasteiger partial charge in [-0.15, -0.1) is 0 Å². The lowest BCUT2D eigenvalue weighted by Gasteiger charge is -2.44. The number of fused-ring (bicyclic) bond motifs is 1. The van der Waals surface area contributed by atoms with Crippen molar-refractivity contribution in [2.45, 2.75) is 70.0 Å². The predicted molar refractivity (Wildman–Crippen MR) is 80.2 cm³/mol. The first kappa shape index (κ1) is 13.8. The van der Waals surface area contributed by atoms with Crippen molar-refractivity contribution in [1.82, 2.24) is 9.80 Å². The van der Waals surface area contributed by atoms with Crippen molar-refractivity contribution >= 4 is 0 Å². The van der Waals surface area contributed by atoms with E-state index in [1.165, 1.54) is 64.6 Å². The van der Waals surface area contributed by atoms with Gasteiger partial charge in [-0.25, -0.2) is 0 Å². The molecule has 2 saturated heterocycles. The quantitative estimate of drug-likeness (QED) is 0.848. The van der Waals surface area contributed by atoms with E-state index in [2.05, 4.69) is 16.7 Å². The summed E-state index contributed by atoms with van der Waals surface area (Å²) in [6.45, 7) is 7.39. The Morgan fingerprint density at radius 2 is 1.84 bits per heavy atom. The molecule has 2 heterocycles. The molecule has 0 aromatic rings. The minimum Gasteiger partial charge on any atom is -0.326 e. The van der Waals surface area contributed by atoms with Crippen molar-refractivity contribution in [2.75, 3.05) is 26.2 Å². The summed E-state index contributed by atoms with van der Waals surface area (Å²) in [6, 6.07) is 1.94. The minimum atomic E-state index is 0.413. The first-order valence-corrected chi connectivity index (χ1v) is 8.47. The molecule has 0 aromatic heterocycles. The highest BCUT2D eigenvalue weighted by atomic mass is 15.3. The highest BCUT2D eigenvalue weighted by molar-refractivity contribution is 4.92. The van der Waals surface area contributed by atoms with Gasteiger partial charge in [-0.3, -0.25) is 9.80 Å². The monoisotopic (exact) mass is 265 g/mol. The van der Waals surface area contributed by atoms with Crippen LogP contribution < -0.4 is 5.73 Å². The summed E-state index contributed by atoms with van der Waals surface area (Å²) in [5, 5.41) is 0. The zero-order chi connectivity index (χ0) is 13.2. The standard InChI is InChI=1S/C16H31N3/c1-13-10-18-9-5-8-15(18)11-19(13)12-16(17)14-6-3-2-4-7-14/h13-16H,2-12,17H2,1H3. The number of hydrogen-bond acceptors (Lipinski definition) is 3. The van der Waals surface area contributed by atoms with Crippen molar-refractivity contribution in [3.8, 4) is 0 Å². The van der Waals surface area contributed by atoms with E-state index in [4.69, 9.17) is 5.73 Å². The Bertz CT molecular complexity index is 288. The van der Waals surface area contributed by atoms with Crippen LogP contribution in [0.4, 0.5) is 0 Å². The Hall–Kier alpha value is -0.120. The van der Waals surface area contributed by atoms with Crippen LogP contribution >= 0.6 is 0 Å². The van der Waals surface area contributed by atoms with E-state index in [0.29, 0.717) is 12.1 Å². The fraction of sp³-hybridized carbons (Fsp3) is 1.00. The molecule has 3 atom stereocenters. The average molecular weight is 265 g/mol. The molecule has 0 aromatic carbocycles. The number of piperazine rings is 1. The van der Waals surface area contributed by atoms with E-state index in [0.717, 1.165) is 18.5 Å². The van der Waals surface area contributed by atoms with Crippen molar-refractivity contribution in [3.63, 3.8) is 0 Å². The molecule has 3 rings (SSSR count). The van der Waals surface area contributed by atoms with Crippen LogP contribution in [-0.2, 0) is 0 Å². The summed E-state index contributed by atoms with van der Waals surface area (Å²) < 4.78 is 0. The van der Waals surface area contributed by atoms with Gasteiger partial charge in [0.15, 0.2) is 0 Å². The van der Waals surface area contributed by atoms with Crippen molar-refractivity contribution in [3.05, 3.63) is 0 Å². The molecule has 2 aliphatic heterocycles. The van der Waals surface area contributed by atoms with Crippen LogP contribution in [0.15, 0.2) is 0 Å². The number of rotatable bonds is 3. The highest BCUT2D eigenvalue weighted by Crippen LogP contribution is 2.28. The lowest BCUT2D eigenvalue weighted by atomic mass is 9.84. The molecule has 3 fully saturated rings. The van der Waals surface area contributed by atoms with E-state index >= 15 is 0 Å². The zero-order valence-corrected chi connectivity index (χ0v) is 12.6. The van der Waals surface area contributed by atoms with Gasteiger partial charge in [0.2, 0.25) is 0 Å². The van der Waals surface area contributed by atoms with Gasteiger partial charge in [-0.05, 0) is 45.1 Å². The molecule has 19 heavy (non-hydrogen) atoms. The Morgan fingerprint density at radius 3 is 2.63 bits per heavy atom. The lowest BCUT2D eigenvalue weighted by molar-refractivity contribution is 0.0488. The van der Waals surface area contributed by atoms with Crippen LogP contribution in [0.3, 0.4) is 0 Å². The van der Waals surface area contributed by atoms with Crippen LogP contribution in [-0.4, -0.2) is 54.1 Å². The summed E-state index contributed by atoms with van der Waals surface area (Å²) in [7, 11) is 0. The van der Waals surface area contributed by atoms with Crippen LogP contribution in [0.2, 0.25) is 0 Å². The van der Waals surface area contributed by atoms with Gasteiger partial charge in [0.05, 0.1) is 0 Å². The zero-order valence-electron chi connectivity index (χ0n) is 12.6. The number of hydrogen-bond donors (Lipinski definition) is 1. The Balaban J connectivity index is 1.53. The molecular formula is C16H31N3. The third kappa shape index (κ3) is 3.14. The molecule has 3 nitrogen and oxygen atoms in total. The minimum absolute atomic E-state index is 0.413. The van der Waals surface area contributed by atoms with E-state index < -0.39 is 0 Å². The lowest BCUT2D eigenvalue weighted by Crippen LogP contribution is -2.58. The maximum absolute atomic E-state index is 6.52. The maximum Gasteiger partial charge on any atom is 0.0224 e. The number of nitrogens with zero attached hydrogens (tertiary/aromatic N) is 2. The van der Waals surface area contributed by atoms with E-state index in [-0.39, 0.29) is 0 Å². The van der Waals surface area contributed by atoms with Gasteiger partial charge < -0.3 is 5.73 Å². The van der Waals surface area contributed by atoms with Crippen molar-refractivity contribution in [2.24, 2.45) is 11.7 Å². The van der Waals surface area contributed by atoms with Crippen LogP contribution in [0, 0.1) is 5.92 Å². The largest absolute Gasteiger partial charge is 0.326 e. The van der Waals surface area contributed by atoms with Gasteiger partial charge in [-0.2, -0.15) is 0 Å². The fourth-order valence-electron chi connectivity index (χ4n) is 4.48. The topological polar surface area (TPSA) is 32.5 Å². The van der Waals surface area contributed by atoms with Crippen molar-refractivity contribution < 1.29 is 0 Å². The molecule has 0 amide bonds. The third-order valence-corrected chi connectivity index (χ3v) is 5.77. The molecule has 2 N–H and O–H groups in total. The molecule has 0 bridgehead atoms. The molecule has 3 aliphatic rings. The van der Waals surface area contributed by atoms with Gasteiger partial charge >= 0.3 is 0 Å². The molecule has 110 valence electrons. The molecule has 1 saturated carbocycles. The summed E-state index contributed by atoms with van der Waals surface area (Å²) in [5.41, 5.74) is 6.52. The third-order valence-electron chi connectivity index (χ3n) is 5.77. The second-order valence-electron chi connectivity index (χ2n) is 7.16. The molecule has 0 radical (unpaired) electrons. The summed E-state index contributed by atoms with van der Waals surface area (Å²) in [5.74, 6) is 0.794. The maximum atomic E-state index is 6.52. The second kappa shape index (κ2) is 6.11. The first-order valence-electron chi connectivity index (χ1n) is 8.47. The van der Waals surface area contributed by atoms with E-state index in [1.54, 1.807) is 0 Å². The van der Waals surface area contributed by atoms with Gasteiger partial charge in [0.25, 0.3) is 0 Å². The SMILES string of the molecule is CC1CN2CCCC2CN1CC(N)C1CCCCC1. The van der Waals surface area contributed by atoms with Gasteiger partial charge in [-0.1, -0.05) is 19.3 Å². The highest BCUT2D eigenvalue weighted by Gasteiger charge is 2.35.